The standard InChI is InChI=1S/C20H17ClO5/c1-20(2)25-18(22)16(19(23)26-20)11-14-5-3-4-6-17(14)24-12-13-7-9-15(21)10-8-13/h3-11H,12H2,1-2H3. The summed E-state index contributed by atoms with van der Waals surface area (Å²) >= 11 is 5.87. The molecular weight excluding hydrogens is 356 g/mol. The third-order valence-corrected chi connectivity index (χ3v) is 3.90. The van der Waals surface area contributed by atoms with E-state index in [1.54, 1.807) is 36.4 Å². The molecule has 26 heavy (non-hydrogen) atoms. The van der Waals surface area contributed by atoms with Gasteiger partial charge in [0.2, 0.25) is 0 Å². The Morgan fingerprint density at radius 3 is 2.27 bits per heavy atom. The van der Waals surface area contributed by atoms with Crippen LogP contribution in [0.5, 0.6) is 5.75 Å². The van der Waals surface area contributed by atoms with Crippen LogP contribution < -0.4 is 4.74 Å². The molecule has 0 aromatic heterocycles. The van der Waals surface area contributed by atoms with Crippen molar-refractivity contribution in [3.05, 3.63) is 70.3 Å². The lowest BCUT2D eigenvalue weighted by molar-refractivity contribution is -0.222. The van der Waals surface area contributed by atoms with Crippen molar-refractivity contribution < 1.29 is 23.8 Å². The van der Waals surface area contributed by atoms with Gasteiger partial charge in [-0.25, -0.2) is 9.59 Å². The van der Waals surface area contributed by atoms with E-state index in [1.165, 1.54) is 19.9 Å². The van der Waals surface area contributed by atoms with Gasteiger partial charge in [-0.3, -0.25) is 0 Å². The lowest BCUT2D eigenvalue weighted by Crippen LogP contribution is -2.41. The van der Waals surface area contributed by atoms with E-state index in [1.807, 2.05) is 12.1 Å². The van der Waals surface area contributed by atoms with Crippen LogP contribution in [0.1, 0.15) is 25.0 Å². The van der Waals surface area contributed by atoms with E-state index < -0.39 is 17.7 Å². The molecule has 0 saturated carbocycles. The highest BCUT2D eigenvalue weighted by molar-refractivity contribution is 6.30. The molecule has 0 radical (unpaired) electrons. The topological polar surface area (TPSA) is 61.8 Å². The minimum absolute atomic E-state index is 0.174. The maximum absolute atomic E-state index is 12.1. The first-order chi connectivity index (χ1) is 12.3. The highest BCUT2D eigenvalue weighted by Crippen LogP contribution is 2.27. The van der Waals surface area contributed by atoms with Crippen molar-refractivity contribution in [1.29, 1.82) is 0 Å². The van der Waals surface area contributed by atoms with Gasteiger partial charge in [0.15, 0.2) is 0 Å². The molecule has 0 spiro atoms. The first-order valence-electron chi connectivity index (χ1n) is 7.99. The molecule has 0 atom stereocenters. The number of carbonyl (C=O) groups excluding carboxylic acids is 2. The van der Waals surface area contributed by atoms with Gasteiger partial charge >= 0.3 is 11.9 Å². The van der Waals surface area contributed by atoms with Gasteiger partial charge in [0.25, 0.3) is 5.79 Å². The van der Waals surface area contributed by atoms with Crippen LogP contribution in [0.15, 0.2) is 54.1 Å². The molecule has 1 heterocycles. The molecule has 1 fully saturated rings. The Bertz CT molecular complexity index is 846. The zero-order chi connectivity index (χ0) is 18.7. The second kappa shape index (κ2) is 7.22. The fourth-order valence-corrected chi connectivity index (χ4v) is 2.53. The summed E-state index contributed by atoms with van der Waals surface area (Å²) in [5, 5.41) is 0.649. The first-order valence-corrected chi connectivity index (χ1v) is 8.36. The Hall–Kier alpha value is -2.79. The SMILES string of the molecule is CC1(C)OC(=O)C(=Cc2ccccc2OCc2ccc(Cl)cc2)C(=O)O1. The van der Waals surface area contributed by atoms with Crippen molar-refractivity contribution in [1.82, 2.24) is 0 Å². The molecule has 6 heteroatoms. The quantitative estimate of drug-likeness (QED) is 0.458. The predicted molar refractivity (Wildman–Crippen MR) is 96.5 cm³/mol. The number of halogens is 1. The second-order valence-corrected chi connectivity index (χ2v) is 6.63. The van der Waals surface area contributed by atoms with Crippen LogP contribution >= 0.6 is 11.6 Å². The molecule has 2 aromatic rings. The van der Waals surface area contributed by atoms with E-state index in [4.69, 9.17) is 25.8 Å². The lowest BCUT2D eigenvalue weighted by Gasteiger charge is -2.29. The minimum Gasteiger partial charge on any atom is -0.488 e. The van der Waals surface area contributed by atoms with Crippen LogP contribution in [0.2, 0.25) is 5.02 Å². The summed E-state index contributed by atoms with van der Waals surface area (Å²) in [6.07, 6.45) is 1.41. The Morgan fingerprint density at radius 1 is 1.00 bits per heavy atom. The highest BCUT2D eigenvalue weighted by atomic mass is 35.5. The van der Waals surface area contributed by atoms with Crippen LogP contribution in [0, 0.1) is 0 Å². The number of esters is 2. The number of rotatable bonds is 4. The molecule has 1 aliphatic heterocycles. The van der Waals surface area contributed by atoms with Gasteiger partial charge in [0.05, 0.1) is 0 Å². The molecule has 0 amide bonds. The van der Waals surface area contributed by atoms with Crippen molar-refractivity contribution in [3.8, 4) is 5.75 Å². The summed E-state index contributed by atoms with van der Waals surface area (Å²) in [6.45, 7) is 3.32. The normalized spacial score (nSPS) is 15.9. The summed E-state index contributed by atoms with van der Waals surface area (Å²) in [4.78, 5) is 24.2. The molecule has 134 valence electrons. The fourth-order valence-electron chi connectivity index (χ4n) is 2.41. The summed E-state index contributed by atoms with van der Waals surface area (Å²) in [5.41, 5.74) is 1.34. The van der Waals surface area contributed by atoms with Gasteiger partial charge in [0, 0.05) is 24.4 Å². The van der Waals surface area contributed by atoms with E-state index >= 15 is 0 Å². The van der Waals surface area contributed by atoms with E-state index in [0.717, 1.165) is 5.56 Å². The number of carbonyl (C=O) groups is 2. The zero-order valence-corrected chi connectivity index (χ0v) is 15.1. The third-order valence-electron chi connectivity index (χ3n) is 3.64. The molecule has 0 unspecified atom stereocenters. The number of cyclic esters (lactones) is 2. The van der Waals surface area contributed by atoms with Gasteiger partial charge in [-0.2, -0.15) is 0 Å². The minimum atomic E-state index is -1.27. The van der Waals surface area contributed by atoms with Gasteiger partial charge in [-0.05, 0) is 29.8 Å². The van der Waals surface area contributed by atoms with E-state index in [0.29, 0.717) is 22.9 Å². The maximum atomic E-state index is 12.1. The van der Waals surface area contributed by atoms with E-state index in [9.17, 15) is 9.59 Å². The van der Waals surface area contributed by atoms with Crippen LogP contribution in [-0.4, -0.2) is 17.7 Å². The number of ether oxygens (including phenoxy) is 3. The smallest absolute Gasteiger partial charge is 0.348 e. The lowest BCUT2D eigenvalue weighted by atomic mass is 10.1. The highest BCUT2D eigenvalue weighted by Gasteiger charge is 2.38. The van der Waals surface area contributed by atoms with Gasteiger partial charge in [0.1, 0.15) is 17.9 Å². The molecule has 0 N–H and O–H groups in total. The molecule has 2 aromatic carbocycles. The van der Waals surface area contributed by atoms with Gasteiger partial charge in [-0.1, -0.05) is 41.9 Å². The molecule has 0 bridgehead atoms. The summed E-state index contributed by atoms with van der Waals surface area (Å²) in [7, 11) is 0. The molecule has 1 saturated heterocycles. The largest absolute Gasteiger partial charge is 0.488 e. The number of para-hydroxylation sites is 1. The Balaban J connectivity index is 1.82. The molecular formula is C20H17ClO5. The van der Waals surface area contributed by atoms with Crippen molar-refractivity contribution in [3.63, 3.8) is 0 Å². The Morgan fingerprint density at radius 2 is 1.62 bits per heavy atom. The predicted octanol–water partition coefficient (Wildman–Crippen LogP) is 4.14. The average molecular weight is 373 g/mol. The van der Waals surface area contributed by atoms with E-state index in [-0.39, 0.29) is 5.57 Å². The Labute approximate surface area is 156 Å². The van der Waals surface area contributed by atoms with Crippen LogP contribution in [0.25, 0.3) is 6.08 Å². The van der Waals surface area contributed by atoms with Gasteiger partial charge < -0.3 is 14.2 Å². The number of benzene rings is 2. The molecule has 3 rings (SSSR count). The molecule has 5 nitrogen and oxygen atoms in total. The summed E-state index contributed by atoms with van der Waals surface area (Å²) in [6, 6.07) is 14.4. The van der Waals surface area contributed by atoms with E-state index in [2.05, 4.69) is 0 Å². The third kappa shape index (κ3) is 4.24. The van der Waals surface area contributed by atoms with Crippen LogP contribution in [-0.2, 0) is 25.7 Å². The monoisotopic (exact) mass is 372 g/mol. The summed E-state index contributed by atoms with van der Waals surface area (Å²) in [5.74, 6) is -2.19. The van der Waals surface area contributed by atoms with Gasteiger partial charge in [-0.15, -0.1) is 0 Å². The second-order valence-electron chi connectivity index (χ2n) is 6.19. The number of hydrogen-bond acceptors (Lipinski definition) is 5. The average Bonchev–Trinajstić information content (AvgIpc) is 2.58. The Kier molecular flexibility index (Phi) is 5.00. The van der Waals surface area contributed by atoms with Crippen molar-refractivity contribution in [2.45, 2.75) is 26.2 Å². The van der Waals surface area contributed by atoms with Crippen molar-refractivity contribution in [2.75, 3.05) is 0 Å². The molecule has 1 aliphatic rings. The maximum Gasteiger partial charge on any atom is 0.348 e. The van der Waals surface area contributed by atoms with Crippen LogP contribution in [0.4, 0.5) is 0 Å². The van der Waals surface area contributed by atoms with Crippen molar-refractivity contribution in [2.24, 2.45) is 0 Å². The first kappa shape index (κ1) is 18.0. The summed E-state index contributed by atoms with van der Waals surface area (Å²) < 4.78 is 16.0. The number of hydrogen-bond donors (Lipinski definition) is 0. The molecule has 0 aliphatic carbocycles. The fraction of sp³-hybridized carbons (Fsp3) is 0.200. The van der Waals surface area contributed by atoms with Crippen LogP contribution in [0.3, 0.4) is 0 Å². The zero-order valence-electron chi connectivity index (χ0n) is 14.3. The van der Waals surface area contributed by atoms with Crippen molar-refractivity contribution >= 4 is 29.6 Å².